The summed E-state index contributed by atoms with van der Waals surface area (Å²) >= 11 is 0. The van der Waals surface area contributed by atoms with Gasteiger partial charge in [-0.2, -0.15) is 10.2 Å². The van der Waals surface area contributed by atoms with Gasteiger partial charge in [-0.1, -0.05) is 13.8 Å². The van der Waals surface area contributed by atoms with E-state index in [9.17, 15) is 14.4 Å². The summed E-state index contributed by atoms with van der Waals surface area (Å²) in [7, 11) is 3.78. The molecule has 2 N–H and O–H groups in total. The first-order valence-electron chi connectivity index (χ1n) is 14.6. The quantitative estimate of drug-likeness (QED) is 0.447. The SMILES string of the molecule is CC(C)CCN1C(=O)CCCN(C(=O)c2cnn3ccn(C)c23)CCCNC(=O)c2nn(C)c3c2CC1CC3.O=CO. The average Bonchev–Trinajstić information content (AvgIpc) is 3.64. The van der Waals surface area contributed by atoms with Crippen LogP contribution in [-0.4, -0.2) is 95.3 Å². The number of aromatic nitrogens is 5. The minimum Gasteiger partial charge on any atom is -0.483 e. The van der Waals surface area contributed by atoms with Crippen LogP contribution in [0.4, 0.5) is 0 Å². The maximum absolute atomic E-state index is 13.6. The first kappa shape index (κ1) is 30.8. The van der Waals surface area contributed by atoms with Crippen molar-refractivity contribution in [2.24, 2.45) is 20.0 Å². The minimum atomic E-state index is -0.250. The van der Waals surface area contributed by atoms with Crippen molar-refractivity contribution in [1.29, 1.82) is 0 Å². The third-order valence-corrected chi connectivity index (χ3v) is 8.11. The summed E-state index contributed by atoms with van der Waals surface area (Å²) in [6.45, 7) is 6.16. The second kappa shape index (κ2) is 13.7. The molecule has 0 radical (unpaired) electrons. The fraction of sp³-hybridized carbons (Fsp3) is 0.586. The largest absolute Gasteiger partial charge is 0.483 e. The molecule has 13 heteroatoms. The highest BCUT2D eigenvalue weighted by Gasteiger charge is 2.33. The van der Waals surface area contributed by atoms with E-state index in [1.807, 2.05) is 40.6 Å². The molecule has 1 aliphatic heterocycles. The van der Waals surface area contributed by atoms with Crippen LogP contribution in [0.2, 0.25) is 0 Å². The zero-order valence-corrected chi connectivity index (χ0v) is 25.0. The molecule has 42 heavy (non-hydrogen) atoms. The summed E-state index contributed by atoms with van der Waals surface area (Å²) in [5.74, 6) is 0.296. The van der Waals surface area contributed by atoms with Crippen LogP contribution in [0.15, 0.2) is 18.6 Å². The smallest absolute Gasteiger partial charge is 0.290 e. The Balaban J connectivity index is 0.00000129. The number of nitrogens with zero attached hydrogens (tertiary/aromatic N) is 7. The monoisotopic (exact) mass is 582 g/mol. The van der Waals surface area contributed by atoms with Crippen molar-refractivity contribution in [3.63, 3.8) is 0 Å². The van der Waals surface area contributed by atoms with Crippen molar-refractivity contribution in [1.82, 2.24) is 39.1 Å². The van der Waals surface area contributed by atoms with Gasteiger partial charge >= 0.3 is 0 Å². The number of fused-ring (bicyclic) bond motifs is 2. The van der Waals surface area contributed by atoms with Crippen molar-refractivity contribution in [3.05, 3.63) is 41.1 Å². The summed E-state index contributed by atoms with van der Waals surface area (Å²) < 4.78 is 5.39. The second-order valence-corrected chi connectivity index (χ2v) is 11.4. The van der Waals surface area contributed by atoms with Gasteiger partial charge in [0.2, 0.25) is 5.91 Å². The van der Waals surface area contributed by atoms with Crippen molar-refractivity contribution in [3.8, 4) is 0 Å². The Bertz CT molecular complexity index is 1420. The van der Waals surface area contributed by atoms with Crippen molar-refractivity contribution < 1.29 is 24.3 Å². The zero-order chi connectivity index (χ0) is 30.4. The summed E-state index contributed by atoms with van der Waals surface area (Å²) in [4.78, 5) is 52.7. The second-order valence-electron chi connectivity index (χ2n) is 11.4. The molecule has 1 atom stereocenters. The number of aryl methyl sites for hydroxylation is 2. The lowest BCUT2D eigenvalue weighted by atomic mass is 9.89. The number of carboxylic acid groups (broad SMARTS) is 1. The number of amides is 3. The lowest BCUT2D eigenvalue weighted by molar-refractivity contribution is -0.134. The zero-order valence-electron chi connectivity index (χ0n) is 25.0. The van der Waals surface area contributed by atoms with Crippen LogP contribution in [0, 0.1) is 5.92 Å². The number of nitrogens with one attached hydrogen (secondary N) is 1. The molecule has 3 aromatic heterocycles. The van der Waals surface area contributed by atoms with Crippen LogP contribution in [0.1, 0.15) is 78.1 Å². The first-order chi connectivity index (χ1) is 20.2. The molecule has 4 heterocycles. The van der Waals surface area contributed by atoms with Gasteiger partial charge in [-0.15, -0.1) is 0 Å². The predicted octanol–water partition coefficient (Wildman–Crippen LogP) is 1.90. The lowest BCUT2D eigenvalue weighted by Crippen LogP contribution is -2.45. The van der Waals surface area contributed by atoms with Gasteiger partial charge in [0.1, 0.15) is 11.2 Å². The Labute approximate surface area is 245 Å². The van der Waals surface area contributed by atoms with E-state index in [4.69, 9.17) is 9.90 Å². The molecule has 5 rings (SSSR count). The van der Waals surface area contributed by atoms with Gasteiger partial charge < -0.3 is 24.8 Å². The van der Waals surface area contributed by atoms with E-state index in [2.05, 4.69) is 29.4 Å². The van der Waals surface area contributed by atoms with E-state index in [-0.39, 0.29) is 30.2 Å². The molecule has 1 aliphatic carbocycles. The van der Waals surface area contributed by atoms with Gasteiger partial charge in [0.05, 0.1) is 6.20 Å². The molecule has 3 aromatic rings. The van der Waals surface area contributed by atoms with Crippen LogP contribution < -0.4 is 5.32 Å². The topological polar surface area (TPSA) is 147 Å². The van der Waals surface area contributed by atoms with Gasteiger partial charge in [-0.3, -0.25) is 23.9 Å². The van der Waals surface area contributed by atoms with Gasteiger partial charge in [0.15, 0.2) is 5.69 Å². The normalized spacial score (nSPS) is 18.3. The van der Waals surface area contributed by atoms with Crippen molar-refractivity contribution in [2.75, 3.05) is 26.2 Å². The number of hydrogen-bond donors (Lipinski definition) is 2. The van der Waals surface area contributed by atoms with Gasteiger partial charge in [-0.25, -0.2) is 4.52 Å². The molecule has 228 valence electrons. The Morgan fingerprint density at radius 2 is 1.90 bits per heavy atom. The molecule has 13 nitrogen and oxygen atoms in total. The molecule has 0 fully saturated rings. The van der Waals surface area contributed by atoms with E-state index in [1.54, 1.807) is 15.6 Å². The van der Waals surface area contributed by atoms with Crippen LogP contribution in [0.5, 0.6) is 0 Å². The first-order valence-corrected chi connectivity index (χ1v) is 14.6. The molecular formula is C29H42N8O5. The number of carbonyl (C=O) groups excluding carboxylic acids is 3. The standard InChI is InChI=1S/C28H40N8O3.CH2O2/c1-19(2)10-14-35-20-8-9-23-21(17-20)25(31-33(23)4)26(38)29-11-6-13-34(12-5-7-24(35)37)28(39)22-18-30-36-16-15-32(3)27(22)36;2-1-3/h15-16,18-20H,5-14,17H2,1-4H3,(H,29,38);1H,(H,2,3). The maximum Gasteiger partial charge on any atom is 0.290 e. The molecule has 0 spiro atoms. The number of rotatable bonds is 4. The Morgan fingerprint density at radius 1 is 1.17 bits per heavy atom. The fourth-order valence-corrected chi connectivity index (χ4v) is 5.93. The molecule has 0 saturated carbocycles. The molecule has 3 amide bonds. The Hall–Kier alpha value is -4.16. The van der Waals surface area contributed by atoms with Crippen LogP contribution in [-0.2, 0) is 36.5 Å². The van der Waals surface area contributed by atoms with Crippen molar-refractivity contribution in [2.45, 2.75) is 64.8 Å². The lowest BCUT2D eigenvalue weighted by Gasteiger charge is -2.35. The molecule has 2 aliphatic rings. The molecule has 0 aromatic carbocycles. The molecule has 1 unspecified atom stereocenters. The summed E-state index contributed by atoms with van der Waals surface area (Å²) in [5, 5.41) is 18.8. The summed E-state index contributed by atoms with van der Waals surface area (Å²) in [6, 6.07) is 0.0420. The van der Waals surface area contributed by atoms with Gasteiger partial charge in [0.25, 0.3) is 18.3 Å². The third kappa shape index (κ3) is 6.66. The van der Waals surface area contributed by atoms with E-state index in [0.717, 1.165) is 36.2 Å². The van der Waals surface area contributed by atoms with Gasteiger partial charge in [-0.05, 0) is 44.4 Å². The summed E-state index contributed by atoms with van der Waals surface area (Å²) in [6.07, 6.45) is 10.1. The van der Waals surface area contributed by atoms with Crippen LogP contribution in [0.25, 0.3) is 5.65 Å². The van der Waals surface area contributed by atoms with Gasteiger partial charge in [0, 0.05) is 76.4 Å². The average molecular weight is 583 g/mol. The third-order valence-electron chi connectivity index (χ3n) is 8.11. The number of hydrogen-bond acceptors (Lipinski definition) is 6. The van der Waals surface area contributed by atoms with Crippen LogP contribution >= 0.6 is 0 Å². The van der Waals surface area contributed by atoms with E-state index in [0.29, 0.717) is 69.0 Å². The minimum absolute atomic E-state index is 0.0420. The number of imidazole rings is 1. The Kier molecular flexibility index (Phi) is 10.0. The predicted molar refractivity (Wildman–Crippen MR) is 155 cm³/mol. The van der Waals surface area contributed by atoms with Crippen molar-refractivity contribution >= 4 is 29.8 Å². The highest BCUT2D eigenvalue weighted by molar-refractivity contribution is 6.00. The van der Waals surface area contributed by atoms with E-state index < -0.39 is 0 Å². The highest BCUT2D eigenvalue weighted by Crippen LogP contribution is 2.28. The fourth-order valence-electron chi connectivity index (χ4n) is 5.93. The molecule has 0 saturated heterocycles. The number of carbonyl (C=O) groups is 4. The van der Waals surface area contributed by atoms with E-state index >= 15 is 0 Å². The summed E-state index contributed by atoms with van der Waals surface area (Å²) in [5.41, 5.74) is 3.78. The molecule has 2 bridgehead atoms. The maximum atomic E-state index is 13.6. The highest BCUT2D eigenvalue weighted by atomic mass is 16.3. The molecular weight excluding hydrogens is 540 g/mol. The van der Waals surface area contributed by atoms with E-state index in [1.165, 1.54) is 0 Å². The van der Waals surface area contributed by atoms with Crippen LogP contribution in [0.3, 0.4) is 0 Å². The Morgan fingerprint density at radius 3 is 2.64 bits per heavy atom.